The third-order valence-electron chi connectivity index (χ3n) is 4.84. The van der Waals surface area contributed by atoms with Crippen LogP contribution in [0.3, 0.4) is 0 Å². The van der Waals surface area contributed by atoms with E-state index in [4.69, 9.17) is 14.5 Å². The van der Waals surface area contributed by atoms with E-state index >= 15 is 0 Å². The molecule has 0 saturated heterocycles. The highest BCUT2D eigenvalue weighted by Crippen LogP contribution is 2.23. The number of guanidine groups is 1. The number of benzene rings is 1. The molecule has 1 fully saturated rings. The van der Waals surface area contributed by atoms with Gasteiger partial charge in [-0.15, -0.1) is 24.0 Å². The lowest BCUT2D eigenvalue weighted by Crippen LogP contribution is -2.46. The first-order valence-electron chi connectivity index (χ1n) is 10.3. The van der Waals surface area contributed by atoms with Gasteiger partial charge < -0.3 is 20.1 Å². The van der Waals surface area contributed by atoms with Gasteiger partial charge in [-0.3, -0.25) is 4.21 Å². The Morgan fingerprint density at radius 3 is 2.83 bits per heavy atom. The van der Waals surface area contributed by atoms with E-state index in [1.54, 1.807) is 7.11 Å². The van der Waals surface area contributed by atoms with Gasteiger partial charge in [-0.2, -0.15) is 0 Å². The second kappa shape index (κ2) is 15.0. The Kier molecular flexibility index (Phi) is 13.5. The van der Waals surface area contributed by atoms with Crippen LogP contribution in [0.2, 0.25) is 0 Å². The van der Waals surface area contributed by atoms with Gasteiger partial charge >= 0.3 is 0 Å². The van der Waals surface area contributed by atoms with Crippen molar-refractivity contribution in [3.63, 3.8) is 0 Å². The Hall–Kier alpha value is -0.870. The maximum Gasteiger partial charge on any atom is 0.191 e. The van der Waals surface area contributed by atoms with Crippen molar-refractivity contribution in [2.24, 2.45) is 4.99 Å². The number of nitrogens with one attached hydrogen (secondary N) is 2. The summed E-state index contributed by atoms with van der Waals surface area (Å²) in [5.41, 5.74) is 1.10. The molecule has 29 heavy (non-hydrogen) atoms. The van der Waals surface area contributed by atoms with Crippen molar-refractivity contribution in [3.8, 4) is 5.75 Å². The lowest BCUT2D eigenvalue weighted by molar-refractivity contribution is 0.146. The fourth-order valence-electron chi connectivity index (χ4n) is 3.41. The lowest BCUT2D eigenvalue weighted by atomic mass is 9.95. The monoisotopic (exact) mass is 537 g/mol. The van der Waals surface area contributed by atoms with Gasteiger partial charge in [0.2, 0.25) is 0 Å². The molecule has 0 spiro atoms. The van der Waals surface area contributed by atoms with Gasteiger partial charge in [0.25, 0.3) is 0 Å². The fourth-order valence-corrected chi connectivity index (χ4v) is 4.76. The van der Waals surface area contributed by atoms with Gasteiger partial charge in [-0.1, -0.05) is 25.5 Å². The second-order valence-corrected chi connectivity index (χ2v) is 8.99. The molecule has 1 aromatic carbocycles. The minimum atomic E-state index is -0.716. The van der Waals surface area contributed by atoms with E-state index in [2.05, 4.69) is 23.6 Å². The zero-order valence-corrected chi connectivity index (χ0v) is 21.0. The molecule has 0 radical (unpaired) electrons. The zero-order valence-electron chi connectivity index (χ0n) is 17.8. The van der Waals surface area contributed by atoms with Crippen molar-refractivity contribution in [1.29, 1.82) is 0 Å². The normalized spacial score (nSPS) is 20.4. The third kappa shape index (κ3) is 9.65. The summed E-state index contributed by atoms with van der Waals surface area (Å²) in [6, 6.07) is 8.33. The zero-order chi connectivity index (χ0) is 20.2. The second-order valence-electron chi connectivity index (χ2n) is 6.98. The van der Waals surface area contributed by atoms with Crippen LogP contribution in [-0.4, -0.2) is 54.1 Å². The largest absolute Gasteiger partial charge is 0.491 e. The number of aliphatic imine (C=N–C) groups is 1. The molecule has 1 aliphatic carbocycles. The van der Waals surface area contributed by atoms with Gasteiger partial charge in [0.05, 0.1) is 13.2 Å². The molecule has 2 rings (SSSR count). The Bertz CT molecular complexity index is 645. The molecule has 3 atom stereocenters. The number of hydrogen-bond donors (Lipinski definition) is 2. The van der Waals surface area contributed by atoms with E-state index < -0.39 is 10.8 Å². The first-order valence-corrected chi connectivity index (χ1v) is 11.7. The first kappa shape index (κ1) is 26.2. The molecule has 3 unspecified atom stereocenters. The molecular weight excluding hydrogens is 501 g/mol. The predicted molar refractivity (Wildman–Crippen MR) is 132 cm³/mol. The molecule has 1 saturated carbocycles. The first-order chi connectivity index (χ1) is 13.7. The smallest absolute Gasteiger partial charge is 0.191 e. The van der Waals surface area contributed by atoms with Gasteiger partial charge in [0.1, 0.15) is 12.4 Å². The van der Waals surface area contributed by atoms with Crippen molar-refractivity contribution in [2.45, 2.75) is 57.4 Å². The van der Waals surface area contributed by atoms with E-state index in [1.165, 1.54) is 0 Å². The van der Waals surface area contributed by atoms with Gasteiger partial charge in [0, 0.05) is 41.5 Å². The molecule has 1 aliphatic rings. The summed E-state index contributed by atoms with van der Waals surface area (Å²) in [5.74, 6) is 2.40. The van der Waals surface area contributed by atoms with Crippen LogP contribution in [0.4, 0.5) is 0 Å². The minimum Gasteiger partial charge on any atom is -0.491 e. The quantitative estimate of drug-likeness (QED) is 0.207. The van der Waals surface area contributed by atoms with Crippen LogP contribution >= 0.6 is 24.0 Å². The molecule has 0 aromatic heterocycles. The molecule has 166 valence electrons. The van der Waals surface area contributed by atoms with E-state index in [-0.39, 0.29) is 24.0 Å². The molecule has 1 aromatic rings. The molecule has 0 aliphatic heterocycles. The Labute approximate surface area is 195 Å². The Morgan fingerprint density at radius 1 is 1.28 bits per heavy atom. The average Bonchev–Trinajstić information content (AvgIpc) is 2.72. The van der Waals surface area contributed by atoms with E-state index in [1.807, 2.05) is 25.1 Å². The summed E-state index contributed by atoms with van der Waals surface area (Å²) in [6.07, 6.45) is 4.24. The van der Waals surface area contributed by atoms with Crippen molar-refractivity contribution in [2.75, 3.05) is 32.6 Å². The Morgan fingerprint density at radius 2 is 2.10 bits per heavy atom. The highest BCUT2D eigenvalue weighted by Gasteiger charge is 2.26. The number of hydrogen-bond acceptors (Lipinski definition) is 4. The lowest BCUT2D eigenvalue weighted by Gasteiger charge is -2.30. The SMILES string of the molecule is CCNC(=NCc1cccc(OCCOC)c1)NC1CCCC(S(=O)CC)C1.I. The molecule has 6 nitrogen and oxygen atoms in total. The van der Waals surface area contributed by atoms with Crippen LogP contribution in [0.25, 0.3) is 0 Å². The van der Waals surface area contributed by atoms with Crippen LogP contribution in [0.1, 0.15) is 45.1 Å². The van der Waals surface area contributed by atoms with Gasteiger partial charge in [-0.25, -0.2) is 4.99 Å². The standard InChI is InChI=1S/C21H35N3O3S.HI/c1-4-22-21(24-18-9-7-11-20(15-18)28(25)5-2)23-16-17-8-6-10-19(14-17)27-13-12-26-3;/h6,8,10,14,18,20H,4-5,7,9,11-13,15-16H2,1-3H3,(H2,22,23,24);1H. The molecule has 0 amide bonds. The van der Waals surface area contributed by atoms with Crippen LogP contribution in [-0.2, 0) is 22.1 Å². The summed E-state index contributed by atoms with van der Waals surface area (Å²) >= 11 is 0. The summed E-state index contributed by atoms with van der Waals surface area (Å²) in [7, 11) is 0.949. The number of nitrogens with zero attached hydrogens (tertiary/aromatic N) is 1. The number of halogens is 1. The molecule has 0 bridgehead atoms. The van der Waals surface area contributed by atoms with Crippen molar-refractivity contribution < 1.29 is 13.7 Å². The maximum atomic E-state index is 12.2. The molecule has 8 heteroatoms. The van der Waals surface area contributed by atoms with Gasteiger partial charge in [0.15, 0.2) is 5.96 Å². The molecule has 0 heterocycles. The van der Waals surface area contributed by atoms with Crippen LogP contribution in [0, 0.1) is 0 Å². The predicted octanol–water partition coefficient (Wildman–Crippen LogP) is 3.46. The van der Waals surface area contributed by atoms with E-state index in [0.717, 1.165) is 55.3 Å². The number of methoxy groups -OCH3 is 1. The van der Waals surface area contributed by atoms with E-state index in [0.29, 0.717) is 31.1 Å². The van der Waals surface area contributed by atoms with Gasteiger partial charge in [-0.05, 0) is 43.9 Å². The molecule has 2 N–H and O–H groups in total. The van der Waals surface area contributed by atoms with Crippen molar-refractivity contribution in [1.82, 2.24) is 10.6 Å². The van der Waals surface area contributed by atoms with Crippen LogP contribution in [0.5, 0.6) is 5.75 Å². The average molecular weight is 538 g/mol. The van der Waals surface area contributed by atoms with Crippen molar-refractivity contribution >= 4 is 40.7 Å². The third-order valence-corrected chi connectivity index (χ3v) is 6.58. The minimum absolute atomic E-state index is 0. The highest BCUT2D eigenvalue weighted by molar-refractivity contribution is 14.0. The van der Waals surface area contributed by atoms with Crippen molar-refractivity contribution in [3.05, 3.63) is 29.8 Å². The Balaban J connectivity index is 0.00000420. The summed E-state index contributed by atoms with van der Waals surface area (Å²) < 4.78 is 22.9. The topological polar surface area (TPSA) is 72.0 Å². The van der Waals surface area contributed by atoms with Crippen LogP contribution < -0.4 is 15.4 Å². The van der Waals surface area contributed by atoms with Crippen LogP contribution in [0.15, 0.2) is 29.3 Å². The summed E-state index contributed by atoms with van der Waals surface area (Å²) in [5, 5.41) is 7.18. The number of ether oxygens (including phenoxy) is 2. The number of rotatable bonds is 10. The summed E-state index contributed by atoms with van der Waals surface area (Å²) in [6.45, 7) is 6.57. The van der Waals surface area contributed by atoms with E-state index in [9.17, 15) is 4.21 Å². The highest BCUT2D eigenvalue weighted by atomic mass is 127. The maximum absolute atomic E-state index is 12.2. The molecular formula is C21H36IN3O3S. The summed E-state index contributed by atoms with van der Waals surface area (Å²) in [4.78, 5) is 4.74. The fraction of sp³-hybridized carbons (Fsp3) is 0.667.